The van der Waals surface area contributed by atoms with Gasteiger partial charge in [0.1, 0.15) is 16.5 Å². The summed E-state index contributed by atoms with van der Waals surface area (Å²) in [6.45, 7) is 3.98. The molecule has 5 nitrogen and oxygen atoms in total. The Morgan fingerprint density at radius 1 is 1.21 bits per heavy atom. The van der Waals surface area contributed by atoms with Crippen molar-refractivity contribution < 1.29 is 9.47 Å². The van der Waals surface area contributed by atoms with Crippen LogP contribution in [0.3, 0.4) is 0 Å². The van der Waals surface area contributed by atoms with Gasteiger partial charge >= 0.3 is 0 Å². The van der Waals surface area contributed by atoms with Gasteiger partial charge in [0.05, 0.1) is 20.3 Å². The van der Waals surface area contributed by atoms with Crippen molar-refractivity contribution in [1.82, 2.24) is 10.2 Å². The van der Waals surface area contributed by atoms with Crippen LogP contribution < -0.4 is 14.8 Å². The SMILES string of the molecule is COc1ccc(OC)c(C(C)Nc2nnc(C)s2)c1. The fraction of sp³-hybridized carbons (Fsp3) is 0.385. The summed E-state index contributed by atoms with van der Waals surface area (Å²) in [5, 5.41) is 13.1. The van der Waals surface area contributed by atoms with Crippen molar-refractivity contribution in [2.45, 2.75) is 19.9 Å². The molecule has 102 valence electrons. The molecular formula is C13H17N3O2S. The standard InChI is InChI=1S/C13H17N3O2S/c1-8(14-13-16-15-9(2)19-13)11-7-10(17-3)5-6-12(11)18-4/h5-8H,1-4H3,(H,14,16). The van der Waals surface area contributed by atoms with Crippen LogP contribution in [0.1, 0.15) is 23.5 Å². The Labute approximate surface area is 116 Å². The third-order valence-electron chi connectivity index (χ3n) is 2.77. The lowest BCUT2D eigenvalue weighted by Gasteiger charge is -2.17. The third kappa shape index (κ3) is 3.14. The lowest BCUT2D eigenvalue weighted by molar-refractivity contribution is 0.397. The van der Waals surface area contributed by atoms with Crippen LogP contribution in [0, 0.1) is 6.92 Å². The smallest absolute Gasteiger partial charge is 0.206 e. The molecule has 0 bridgehead atoms. The van der Waals surface area contributed by atoms with E-state index in [-0.39, 0.29) is 6.04 Å². The van der Waals surface area contributed by atoms with Crippen LogP contribution in [0.15, 0.2) is 18.2 Å². The molecule has 6 heteroatoms. The van der Waals surface area contributed by atoms with E-state index in [2.05, 4.69) is 15.5 Å². The summed E-state index contributed by atoms with van der Waals surface area (Å²) in [5.74, 6) is 1.62. The molecule has 19 heavy (non-hydrogen) atoms. The summed E-state index contributed by atoms with van der Waals surface area (Å²) in [6.07, 6.45) is 0. The second kappa shape index (κ2) is 5.88. The lowest BCUT2D eigenvalue weighted by atomic mass is 10.1. The Morgan fingerprint density at radius 2 is 2.00 bits per heavy atom. The highest BCUT2D eigenvalue weighted by atomic mass is 32.1. The van der Waals surface area contributed by atoms with Gasteiger partial charge in [-0.05, 0) is 32.0 Å². The fourth-order valence-electron chi connectivity index (χ4n) is 1.80. The lowest BCUT2D eigenvalue weighted by Crippen LogP contribution is -2.08. The number of hydrogen-bond donors (Lipinski definition) is 1. The van der Waals surface area contributed by atoms with Gasteiger partial charge in [0.15, 0.2) is 0 Å². The number of methoxy groups -OCH3 is 2. The van der Waals surface area contributed by atoms with Gasteiger partial charge in [0.2, 0.25) is 5.13 Å². The van der Waals surface area contributed by atoms with E-state index in [1.165, 1.54) is 11.3 Å². The Hall–Kier alpha value is -1.82. The number of anilines is 1. The van der Waals surface area contributed by atoms with Gasteiger partial charge in [-0.25, -0.2) is 0 Å². The monoisotopic (exact) mass is 279 g/mol. The van der Waals surface area contributed by atoms with Gasteiger partial charge in [-0.15, -0.1) is 10.2 Å². The molecule has 1 heterocycles. The van der Waals surface area contributed by atoms with Gasteiger partial charge < -0.3 is 14.8 Å². The first-order chi connectivity index (χ1) is 9.13. The topological polar surface area (TPSA) is 56.3 Å². The van der Waals surface area contributed by atoms with E-state index in [1.54, 1.807) is 14.2 Å². The summed E-state index contributed by atoms with van der Waals surface area (Å²) < 4.78 is 10.6. The Bertz CT molecular complexity index is 557. The molecule has 2 aromatic rings. The largest absolute Gasteiger partial charge is 0.497 e. The summed E-state index contributed by atoms with van der Waals surface area (Å²) in [7, 11) is 3.31. The Kier molecular flexibility index (Phi) is 4.21. The molecule has 0 aliphatic rings. The van der Waals surface area contributed by atoms with Crippen LogP contribution >= 0.6 is 11.3 Å². The van der Waals surface area contributed by atoms with Crippen LogP contribution in [0.2, 0.25) is 0 Å². The zero-order chi connectivity index (χ0) is 13.8. The predicted octanol–water partition coefficient (Wildman–Crippen LogP) is 3.04. The molecule has 1 atom stereocenters. The average molecular weight is 279 g/mol. The Morgan fingerprint density at radius 3 is 2.58 bits per heavy atom. The van der Waals surface area contributed by atoms with E-state index in [0.29, 0.717) is 0 Å². The van der Waals surface area contributed by atoms with Crippen molar-refractivity contribution in [3.05, 3.63) is 28.8 Å². The Balaban J connectivity index is 2.23. The average Bonchev–Trinajstić information content (AvgIpc) is 2.83. The normalized spacial score (nSPS) is 12.0. The maximum absolute atomic E-state index is 5.38. The van der Waals surface area contributed by atoms with Gasteiger partial charge in [-0.3, -0.25) is 0 Å². The summed E-state index contributed by atoms with van der Waals surface area (Å²) in [6, 6.07) is 5.80. The third-order valence-corrected chi connectivity index (χ3v) is 3.54. The van der Waals surface area contributed by atoms with E-state index in [9.17, 15) is 0 Å². The van der Waals surface area contributed by atoms with E-state index in [4.69, 9.17) is 9.47 Å². The van der Waals surface area contributed by atoms with E-state index in [1.807, 2.05) is 32.0 Å². The van der Waals surface area contributed by atoms with E-state index in [0.717, 1.165) is 27.2 Å². The minimum Gasteiger partial charge on any atom is -0.497 e. The number of benzene rings is 1. The molecule has 0 spiro atoms. The second-order valence-electron chi connectivity index (χ2n) is 4.10. The van der Waals surface area contributed by atoms with E-state index < -0.39 is 0 Å². The van der Waals surface area contributed by atoms with Crippen molar-refractivity contribution in [3.8, 4) is 11.5 Å². The molecule has 1 aromatic carbocycles. The molecule has 1 aromatic heterocycles. The highest BCUT2D eigenvalue weighted by Crippen LogP contribution is 2.31. The number of aryl methyl sites for hydroxylation is 1. The molecule has 0 saturated heterocycles. The van der Waals surface area contributed by atoms with Crippen molar-refractivity contribution >= 4 is 16.5 Å². The summed E-state index contributed by atoms with van der Waals surface area (Å²) in [4.78, 5) is 0. The van der Waals surface area contributed by atoms with Crippen molar-refractivity contribution in [2.24, 2.45) is 0 Å². The zero-order valence-corrected chi connectivity index (χ0v) is 12.2. The quantitative estimate of drug-likeness (QED) is 0.911. The van der Waals surface area contributed by atoms with Crippen LogP contribution in [0.25, 0.3) is 0 Å². The first kappa shape index (κ1) is 13.6. The van der Waals surface area contributed by atoms with Crippen molar-refractivity contribution in [3.63, 3.8) is 0 Å². The number of nitrogens with one attached hydrogen (secondary N) is 1. The highest BCUT2D eigenvalue weighted by Gasteiger charge is 2.14. The second-order valence-corrected chi connectivity index (χ2v) is 5.28. The first-order valence-corrected chi connectivity index (χ1v) is 6.74. The van der Waals surface area contributed by atoms with Crippen LogP contribution in [0.5, 0.6) is 11.5 Å². The molecule has 0 radical (unpaired) electrons. The van der Waals surface area contributed by atoms with Gasteiger partial charge in [0, 0.05) is 5.56 Å². The molecule has 0 amide bonds. The summed E-state index contributed by atoms with van der Waals surface area (Å²) in [5.41, 5.74) is 1.02. The number of ether oxygens (including phenoxy) is 2. The molecule has 0 aliphatic heterocycles. The van der Waals surface area contributed by atoms with Gasteiger partial charge in [-0.1, -0.05) is 11.3 Å². The molecule has 1 unspecified atom stereocenters. The van der Waals surface area contributed by atoms with E-state index >= 15 is 0 Å². The minimum absolute atomic E-state index is 0.0531. The molecular weight excluding hydrogens is 262 g/mol. The molecule has 0 aliphatic carbocycles. The summed E-state index contributed by atoms with van der Waals surface area (Å²) >= 11 is 1.53. The minimum atomic E-state index is 0.0531. The predicted molar refractivity (Wildman–Crippen MR) is 76.2 cm³/mol. The molecule has 0 fully saturated rings. The number of hydrogen-bond acceptors (Lipinski definition) is 6. The van der Waals surface area contributed by atoms with Gasteiger partial charge in [-0.2, -0.15) is 0 Å². The van der Waals surface area contributed by atoms with Crippen molar-refractivity contribution in [2.75, 3.05) is 19.5 Å². The molecule has 2 rings (SSSR count). The maximum Gasteiger partial charge on any atom is 0.206 e. The number of rotatable bonds is 5. The fourth-order valence-corrected chi connectivity index (χ4v) is 2.47. The van der Waals surface area contributed by atoms with Gasteiger partial charge in [0.25, 0.3) is 0 Å². The van der Waals surface area contributed by atoms with Crippen LogP contribution in [-0.2, 0) is 0 Å². The van der Waals surface area contributed by atoms with Crippen LogP contribution in [0.4, 0.5) is 5.13 Å². The zero-order valence-electron chi connectivity index (χ0n) is 11.4. The van der Waals surface area contributed by atoms with Crippen LogP contribution in [-0.4, -0.2) is 24.4 Å². The highest BCUT2D eigenvalue weighted by molar-refractivity contribution is 7.15. The molecule has 0 saturated carbocycles. The number of aromatic nitrogens is 2. The number of nitrogens with zero attached hydrogens (tertiary/aromatic N) is 2. The maximum atomic E-state index is 5.38. The first-order valence-electron chi connectivity index (χ1n) is 5.92. The van der Waals surface area contributed by atoms with Crippen molar-refractivity contribution in [1.29, 1.82) is 0 Å². The molecule has 1 N–H and O–H groups in total.